The van der Waals surface area contributed by atoms with Gasteiger partial charge in [0, 0.05) is 24.4 Å². The van der Waals surface area contributed by atoms with E-state index >= 15 is 0 Å². The highest BCUT2D eigenvalue weighted by atomic mass is 32.1. The fourth-order valence-corrected chi connectivity index (χ4v) is 9.07. The van der Waals surface area contributed by atoms with Crippen LogP contribution in [-0.4, -0.2) is 81.5 Å². The molecule has 1 spiro atoms. The van der Waals surface area contributed by atoms with E-state index in [4.69, 9.17) is 14.6 Å². The first-order valence-electron chi connectivity index (χ1n) is 14.6. The highest BCUT2D eigenvalue weighted by molar-refractivity contribution is 7.13. The van der Waals surface area contributed by atoms with E-state index in [2.05, 4.69) is 38.3 Å². The number of hydrogen-bond donors (Lipinski definition) is 2. The Balaban J connectivity index is 1.29. The number of aromatic nitrogens is 7. The van der Waals surface area contributed by atoms with Gasteiger partial charge in [-0.1, -0.05) is 23.8 Å². The van der Waals surface area contributed by atoms with E-state index < -0.39 is 23.2 Å². The predicted octanol–water partition coefficient (Wildman–Crippen LogP) is 2.94. The molecule has 4 aromatic rings. The van der Waals surface area contributed by atoms with Gasteiger partial charge in [-0.25, -0.2) is 4.98 Å². The van der Waals surface area contributed by atoms with Gasteiger partial charge in [-0.2, -0.15) is 9.61 Å². The molecule has 0 saturated carbocycles. The number of rotatable bonds is 5. The van der Waals surface area contributed by atoms with Gasteiger partial charge in [0.05, 0.1) is 22.6 Å². The summed E-state index contributed by atoms with van der Waals surface area (Å²) in [5, 5.41) is 43.7. The molecule has 2 N–H and O–H groups in total. The van der Waals surface area contributed by atoms with Crippen LogP contribution in [0.4, 0.5) is 0 Å². The Bertz CT molecular complexity index is 1880. The largest absolute Gasteiger partial charge is 0.509 e. The van der Waals surface area contributed by atoms with Crippen molar-refractivity contribution in [2.45, 2.75) is 49.7 Å². The molecule has 9 rings (SSSR count). The molecule has 0 amide bonds. The van der Waals surface area contributed by atoms with E-state index in [9.17, 15) is 10.2 Å². The lowest BCUT2D eigenvalue weighted by Crippen LogP contribution is -2.61. The number of likely N-dealkylation sites (tertiary alicyclic amines) is 1. The summed E-state index contributed by atoms with van der Waals surface area (Å²) >= 11 is 1.55. The van der Waals surface area contributed by atoms with Crippen molar-refractivity contribution in [3.63, 3.8) is 0 Å². The Morgan fingerprint density at radius 3 is 2.93 bits per heavy atom. The Morgan fingerprint density at radius 2 is 2.12 bits per heavy atom. The van der Waals surface area contributed by atoms with E-state index in [0.29, 0.717) is 35.3 Å². The van der Waals surface area contributed by atoms with Gasteiger partial charge in [-0.3, -0.25) is 4.68 Å². The van der Waals surface area contributed by atoms with Crippen molar-refractivity contribution in [3.8, 4) is 16.6 Å². The van der Waals surface area contributed by atoms with Crippen molar-refractivity contribution in [1.82, 2.24) is 39.5 Å². The second kappa shape index (κ2) is 8.82. The minimum atomic E-state index is -1.39. The van der Waals surface area contributed by atoms with Gasteiger partial charge >= 0.3 is 0 Å². The van der Waals surface area contributed by atoms with Crippen molar-refractivity contribution in [3.05, 3.63) is 76.4 Å². The average Bonchev–Trinajstić information content (AvgIpc) is 3.80. The number of thiophene rings is 1. The monoisotopic (exact) mass is 598 g/mol. The number of aryl methyl sites for hydroxylation is 1. The van der Waals surface area contributed by atoms with Gasteiger partial charge in [-0.15, -0.1) is 26.6 Å². The van der Waals surface area contributed by atoms with Gasteiger partial charge in [-0.05, 0) is 62.0 Å². The molecule has 0 radical (unpaired) electrons. The molecule has 12 nitrogen and oxygen atoms in total. The lowest BCUT2D eigenvalue weighted by Gasteiger charge is -2.58. The van der Waals surface area contributed by atoms with Crippen molar-refractivity contribution < 1.29 is 19.7 Å². The van der Waals surface area contributed by atoms with Crippen LogP contribution in [0.3, 0.4) is 0 Å². The quantitative estimate of drug-likeness (QED) is 0.330. The van der Waals surface area contributed by atoms with Crippen LogP contribution in [0.5, 0.6) is 5.88 Å². The highest BCUT2D eigenvalue weighted by Crippen LogP contribution is 2.70. The third-order valence-corrected chi connectivity index (χ3v) is 11.0. The third-order valence-electron chi connectivity index (χ3n) is 10.1. The first kappa shape index (κ1) is 25.6. The number of allylic oxidation sites excluding steroid dienone is 1. The maximum absolute atomic E-state index is 12.0. The van der Waals surface area contributed by atoms with Crippen molar-refractivity contribution >= 4 is 17.0 Å². The van der Waals surface area contributed by atoms with Crippen LogP contribution < -0.4 is 4.74 Å². The zero-order valence-corrected chi connectivity index (χ0v) is 24.5. The van der Waals surface area contributed by atoms with Crippen molar-refractivity contribution in [1.29, 1.82) is 0 Å². The van der Waals surface area contributed by atoms with Crippen LogP contribution in [0.1, 0.15) is 30.7 Å². The number of nitrogens with zero attached hydrogens (tertiary/aromatic N) is 8. The first-order valence-corrected chi connectivity index (χ1v) is 15.4. The van der Waals surface area contributed by atoms with Gasteiger partial charge in [0.2, 0.25) is 5.88 Å². The molecule has 220 valence electrons. The van der Waals surface area contributed by atoms with Crippen LogP contribution in [0.2, 0.25) is 0 Å². The minimum Gasteiger partial charge on any atom is -0.509 e. The molecule has 2 aliphatic heterocycles. The minimum absolute atomic E-state index is 0.0590. The molecule has 6 heterocycles. The molecular weight excluding hydrogens is 568 g/mol. The molecular formula is C30H30N8O4S. The zero-order valence-electron chi connectivity index (χ0n) is 23.7. The summed E-state index contributed by atoms with van der Waals surface area (Å²) in [7, 11) is 3.98. The van der Waals surface area contributed by atoms with E-state index in [1.807, 2.05) is 35.7 Å². The summed E-state index contributed by atoms with van der Waals surface area (Å²) in [5.41, 5.74) is 1.47. The van der Waals surface area contributed by atoms with Gasteiger partial charge in [0.25, 0.3) is 0 Å². The molecule has 2 saturated heterocycles. The molecule has 4 aromatic heterocycles. The number of fused-ring (bicyclic) bond motifs is 1. The Morgan fingerprint density at radius 1 is 1.21 bits per heavy atom. The smallest absolute Gasteiger partial charge is 0.239 e. The summed E-state index contributed by atoms with van der Waals surface area (Å²) in [6.07, 6.45) is 8.45. The first-order chi connectivity index (χ1) is 20.9. The fraction of sp³-hybridized carbons (Fsp3) is 0.433. The molecule has 0 aromatic carbocycles. The molecule has 2 fully saturated rings. The maximum atomic E-state index is 12.0. The van der Waals surface area contributed by atoms with Crippen LogP contribution >= 0.6 is 11.3 Å². The second-order valence-electron chi connectivity index (χ2n) is 12.2. The summed E-state index contributed by atoms with van der Waals surface area (Å²) in [6.45, 7) is 0.933. The van der Waals surface area contributed by atoms with E-state index in [-0.39, 0.29) is 24.2 Å². The van der Waals surface area contributed by atoms with E-state index in [1.165, 1.54) is 5.57 Å². The topological polar surface area (TPSA) is 136 Å². The molecule has 5 aliphatic rings. The number of piperidine rings is 1. The molecule has 3 aliphatic carbocycles. The third kappa shape index (κ3) is 3.27. The van der Waals surface area contributed by atoms with E-state index in [0.717, 1.165) is 29.8 Å². The number of aliphatic hydroxyl groups excluding tert-OH is 2. The number of aliphatic hydroxyl groups is 2. The lowest BCUT2D eigenvalue weighted by molar-refractivity contribution is -0.121. The fourth-order valence-electron chi connectivity index (χ4n) is 8.37. The highest BCUT2D eigenvalue weighted by Gasteiger charge is 2.72. The van der Waals surface area contributed by atoms with Crippen molar-refractivity contribution in [2.24, 2.45) is 18.4 Å². The molecule has 13 heteroatoms. The van der Waals surface area contributed by atoms with Gasteiger partial charge < -0.3 is 24.6 Å². The van der Waals surface area contributed by atoms with Crippen LogP contribution in [0, 0.1) is 11.3 Å². The molecule has 2 bridgehead atoms. The van der Waals surface area contributed by atoms with Gasteiger partial charge in [0.1, 0.15) is 12.1 Å². The standard InChI is InChI=1S/C30H30N8O4S/c1-36-10-9-29-17-6-7-20(39)26(29)42-30(22(40)8-5-16(25(29)30)12-19(17)36)18-13-24-32-33-27(21-4-3-11-43-21)38(24)35-28(18)41-14-23-31-15-37(2)34-23/h3-4,6-8,11,13,15,17,19-20,26,39-40H,5,9-10,12,14H2,1-2H3/t17-,19+,20-,26-,29-,30?/m0/s1. The second-order valence-corrected chi connectivity index (χ2v) is 13.1. The van der Waals surface area contributed by atoms with Crippen LogP contribution in [-0.2, 0) is 24.0 Å². The summed E-state index contributed by atoms with van der Waals surface area (Å²) in [5.74, 6) is 1.57. The Hall–Kier alpha value is -3.91. The SMILES string of the molecule is CN1CC[C@]23C4=C5CC=C(O)C4(c4cc6nnc(-c7cccs7)n6nc4OCc4ncn(C)n4)O[C@H]2[C@@H](O)C=C[C@H]3[C@H]1C5. The Kier molecular flexibility index (Phi) is 5.24. The summed E-state index contributed by atoms with van der Waals surface area (Å²) in [6, 6.07) is 6.08. The molecule has 1 unspecified atom stereocenters. The number of ether oxygens (including phenoxy) is 2. The zero-order chi connectivity index (χ0) is 29.1. The molecule has 43 heavy (non-hydrogen) atoms. The average molecular weight is 599 g/mol. The normalized spacial score (nSPS) is 32.8. The Labute approximate surface area is 250 Å². The lowest BCUT2D eigenvalue weighted by atomic mass is 9.50. The predicted molar refractivity (Wildman–Crippen MR) is 155 cm³/mol. The van der Waals surface area contributed by atoms with Crippen LogP contribution in [0.25, 0.3) is 16.3 Å². The summed E-state index contributed by atoms with van der Waals surface area (Å²) < 4.78 is 16.8. The van der Waals surface area contributed by atoms with Gasteiger partial charge in [0.15, 0.2) is 29.5 Å². The van der Waals surface area contributed by atoms with E-state index in [1.54, 1.807) is 33.9 Å². The molecule has 6 atom stereocenters. The number of hydrogen-bond acceptors (Lipinski definition) is 11. The maximum Gasteiger partial charge on any atom is 0.239 e. The van der Waals surface area contributed by atoms with Crippen LogP contribution in [0.15, 0.2) is 65.0 Å². The summed E-state index contributed by atoms with van der Waals surface area (Å²) in [4.78, 5) is 7.68. The van der Waals surface area contributed by atoms with Crippen molar-refractivity contribution in [2.75, 3.05) is 13.6 Å².